The first kappa shape index (κ1) is 13.7. The van der Waals surface area contributed by atoms with E-state index in [1.807, 2.05) is 31.4 Å². The minimum atomic E-state index is 0.551. The van der Waals surface area contributed by atoms with Crippen LogP contribution in [0.4, 0.5) is 5.69 Å². The lowest BCUT2D eigenvalue weighted by Gasteiger charge is -2.19. The highest BCUT2D eigenvalue weighted by Crippen LogP contribution is 2.32. The molecule has 0 unspecified atom stereocenters. The van der Waals surface area contributed by atoms with Crippen molar-refractivity contribution in [3.05, 3.63) is 36.2 Å². The minimum Gasteiger partial charge on any atom is -0.486 e. The zero-order valence-electron chi connectivity index (χ0n) is 11.6. The number of thiocarbonyl (C=S) groups is 1. The van der Waals surface area contributed by atoms with Gasteiger partial charge >= 0.3 is 0 Å². The van der Waals surface area contributed by atoms with Gasteiger partial charge in [-0.15, -0.1) is 0 Å². The first-order valence-electron chi connectivity index (χ1n) is 6.63. The number of ether oxygens (including phenoxy) is 2. The van der Waals surface area contributed by atoms with Gasteiger partial charge in [-0.1, -0.05) is 0 Å². The summed E-state index contributed by atoms with van der Waals surface area (Å²) in [6.45, 7) is 1.79. The number of rotatable bonds is 3. The Labute approximate surface area is 128 Å². The molecule has 2 heterocycles. The molecule has 0 saturated heterocycles. The number of aryl methyl sites for hydroxylation is 1. The van der Waals surface area contributed by atoms with E-state index in [0.717, 1.165) is 22.7 Å². The predicted octanol–water partition coefficient (Wildman–Crippen LogP) is 1.68. The van der Waals surface area contributed by atoms with Gasteiger partial charge in [-0.05, 0) is 24.4 Å². The van der Waals surface area contributed by atoms with Gasteiger partial charge in [0.25, 0.3) is 0 Å². The summed E-state index contributed by atoms with van der Waals surface area (Å²) >= 11 is 5.28. The summed E-state index contributed by atoms with van der Waals surface area (Å²) in [6, 6.07) is 5.67. The van der Waals surface area contributed by atoms with Gasteiger partial charge in [0.05, 0.1) is 6.20 Å². The number of nitrogens with zero attached hydrogens (tertiary/aromatic N) is 2. The van der Waals surface area contributed by atoms with Crippen LogP contribution in [0.15, 0.2) is 30.6 Å². The third-order valence-electron chi connectivity index (χ3n) is 3.01. The van der Waals surface area contributed by atoms with Gasteiger partial charge in [-0.3, -0.25) is 4.68 Å². The standard InChI is InChI=1S/C14H16N4O2S/c1-18-9-10(8-16-18)7-15-14(21)17-11-2-3-12-13(6-11)20-5-4-19-12/h2-3,6,8-9H,4-5,7H2,1H3,(H2,15,17,21). The fourth-order valence-electron chi connectivity index (χ4n) is 2.04. The summed E-state index contributed by atoms with van der Waals surface area (Å²) in [7, 11) is 1.88. The lowest BCUT2D eigenvalue weighted by molar-refractivity contribution is 0.171. The maximum atomic E-state index is 5.54. The molecule has 2 N–H and O–H groups in total. The number of anilines is 1. The number of fused-ring (bicyclic) bond motifs is 1. The molecule has 0 fully saturated rings. The Morgan fingerprint density at radius 2 is 2.14 bits per heavy atom. The fraction of sp³-hybridized carbons (Fsp3) is 0.286. The molecule has 1 aliphatic rings. The van der Waals surface area contributed by atoms with E-state index in [0.29, 0.717) is 24.9 Å². The summed E-state index contributed by atoms with van der Waals surface area (Å²) in [5.41, 5.74) is 1.94. The molecule has 7 heteroatoms. The van der Waals surface area contributed by atoms with E-state index in [-0.39, 0.29) is 0 Å². The van der Waals surface area contributed by atoms with Gasteiger partial charge in [0.15, 0.2) is 16.6 Å². The molecule has 1 aromatic carbocycles. The molecule has 21 heavy (non-hydrogen) atoms. The van der Waals surface area contributed by atoms with Crippen molar-refractivity contribution < 1.29 is 9.47 Å². The zero-order valence-corrected chi connectivity index (χ0v) is 12.4. The van der Waals surface area contributed by atoms with Gasteiger partial charge in [-0.25, -0.2) is 0 Å². The molecule has 0 spiro atoms. The van der Waals surface area contributed by atoms with E-state index in [2.05, 4.69) is 15.7 Å². The number of hydrogen-bond acceptors (Lipinski definition) is 4. The van der Waals surface area contributed by atoms with E-state index in [1.165, 1.54) is 0 Å². The maximum Gasteiger partial charge on any atom is 0.171 e. The summed E-state index contributed by atoms with van der Waals surface area (Å²) in [5, 5.41) is 10.9. The van der Waals surface area contributed by atoms with Crippen LogP contribution in [0.5, 0.6) is 11.5 Å². The van der Waals surface area contributed by atoms with Crippen molar-refractivity contribution in [1.29, 1.82) is 0 Å². The Balaban J connectivity index is 1.57. The van der Waals surface area contributed by atoms with E-state index >= 15 is 0 Å². The molecule has 0 bridgehead atoms. The van der Waals surface area contributed by atoms with Crippen LogP contribution >= 0.6 is 12.2 Å². The predicted molar refractivity (Wildman–Crippen MR) is 83.7 cm³/mol. The van der Waals surface area contributed by atoms with Crippen molar-refractivity contribution >= 4 is 23.0 Å². The summed E-state index contributed by atoms with van der Waals surface area (Å²) < 4.78 is 12.8. The second-order valence-corrected chi connectivity index (χ2v) is 5.10. The van der Waals surface area contributed by atoms with Gasteiger partial charge in [0, 0.05) is 37.1 Å². The molecule has 3 rings (SSSR count). The van der Waals surface area contributed by atoms with Crippen LogP contribution < -0.4 is 20.1 Å². The van der Waals surface area contributed by atoms with Crippen LogP contribution in [0.1, 0.15) is 5.56 Å². The zero-order chi connectivity index (χ0) is 14.7. The Morgan fingerprint density at radius 3 is 2.90 bits per heavy atom. The minimum absolute atomic E-state index is 0.551. The van der Waals surface area contributed by atoms with Crippen molar-refractivity contribution in [3.8, 4) is 11.5 Å². The second-order valence-electron chi connectivity index (χ2n) is 4.69. The summed E-state index contributed by atoms with van der Waals surface area (Å²) in [6.07, 6.45) is 3.75. The average molecular weight is 304 g/mol. The van der Waals surface area contributed by atoms with Gasteiger partial charge in [0.2, 0.25) is 0 Å². The van der Waals surface area contributed by atoms with E-state index in [1.54, 1.807) is 10.9 Å². The normalized spacial score (nSPS) is 12.8. The second kappa shape index (κ2) is 6.01. The molecular weight excluding hydrogens is 288 g/mol. The van der Waals surface area contributed by atoms with Gasteiger partial charge in [0.1, 0.15) is 13.2 Å². The highest BCUT2D eigenvalue weighted by Gasteiger charge is 2.12. The molecule has 6 nitrogen and oxygen atoms in total. The van der Waals surface area contributed by atoms with Crippen LogP contribution in [-0.4, -0.2) is 28.1 Å². The van der Waals surface area contributed by atoms with E-state index in [4.69, 9.17) is 21.7 Å². The van der Waals surface area contributed by atoms with Crippen molar-refractivity contribution in [3.63, 3.8) is 0 Å². The number of nitrogens with one attached hydrogen (secondary N) is 2. The topological polar surface area (TPSA) is 60.3 Å². The summed E-state index contributed by atoms with van der Waals surface area (Å²) in [5.74, 6) is 1.50. The molecule has 0 atom stereocenters. The third-order valence-corrected chi connectivity index (χ3v) is 3.26. The Bertz CT molecular complexity index is 656. The molecule has 0 amide bonds. The smallest absolute Gasteiger partial charge is 0.171 e. The number of benzene rings is 1. The van der Waals surface area contributed by atoms with Crippen molar-refractivity contribution in [2.75, 3.05) is 18.5 Å². The molecule has 1 aromatic heterocycles. The molecule has 0 radical (unpaired) electrons. The number of hydrogen-bond donors (Lipinski definition) is 2. The van der Waals surface area contributed by atoms with Crippen molar-refractivity contribution in [2.45, 2.75) is 6.54 Å². The molecule has 0 aliphatic carbocycles. The third kappa shape index (κ3) is 3.43. The van der Waals surface area contributed by atoms with Crippen LogP contribution in [0.25, 0.3) is 0 Å². The molecule has 1 aliphatic heterocycles. The molecule has 2 aromatic rings. The van der Waals surface area contributed by atoms with Crippen molar-refractivity contribution in [2.24, 2.45) is 7.05 Å². The maximum absolute atomic E-state index is 5.54. The van der Waals surface area contributed by atoms with E-state index < -0.39 is 0 Å². The first-order chi connectivity index (χ1) is 10.2. The molecular formula is C14H16N4O2S. The van der Waals surface area contributed by atoms with Crippen LogP contribution in [0.3, 0.4) is 0 Å². The quantitative estimate of drug-likeness (QED) is 0.841. The Hall–Kier alpha value is -2.28. The Kier molecular flexibility index (Phi) is 3.92. The SMILES string of the molecule is Cn1cc(CNC(=S)Nc2ccc3c(c2)OCCO3)cn1. The van der Waals surface area contributed by atoms with Crippen LogP contribution in [-0.2, 0) is 13.6 Å². The van der Waals surface area contributed by atoms with Gasteiger partial charge < -0.3 is 20.1 Å². The first-order valence-corrected chi connectivity index (χ1v) is 7.03. The lowest BCUT2D eigenvalue weighted by Crippen LogP contribution is -2.27. The highest BCUT2D eigenvalue weighted by molar-refractivity contribution is 7.80. The summed E-state index contributed by atoms with van der Waals surface area (Å²) in [4.78, 5) is 0. The largest absolute Gasteiger partial charge is 0.486 e. The van der Waals surface area contributed by atoms with Crippen LogP contribution in [0.2, 0.25) is 0 Å². The van der Waals surface area contributed by atoms with Crippen LogP contribution in [0, 0.1) is 0 Å². The van der Waals surface area contributed by atoms with Crippen molar-refractivity contribution in [1.82, 2.24) is 15.1 Å². The van der Waals surface area contributed by atoms with E-state index in [9.17, 15) is 0 Å². The highest BCUT2D eigenvalue weighted by atomic mass is 32.1. The number of aromatic nitrogens is 2. The Morgan fingerprint density at radius 1 is 1.33 bits per heavy atom. The monoisotopic (exact) mass is 304 g/mol. The van der Waals surface area contributed by atoms with Gasteiger partial charge in [-0.2, -0.15) is 5.10 Å². The fourth-order valence-corrected chi connectivity index (χ4v) is 2.23. The molecule has 110 valence electrons. The average Bonchev–Trinajstić information content (AvgIpc) is 2.91. The molecule has 0 saturated carbocycles. The lowest BCUT2D eigenvalue weighted by atomic mass is 10.2.